The molecule has 0 saturated carbocycles. The molecule has 0 radical (unpaired) electrons. The standard InChI is InChI=1S/C5H8O7S.2Na/c1-5(4(8)9,2-3(6)7)13(10,11)12;;/h2H2,1H3,(H,6,7)(H,8,9)(H,10,11,12);;/q;2*+1/p-2. The van der Waals surface area contributed by atoms with E-state index >= 15 is 0 Å². The van der Waals surface area contributed by atoms with Gasteiger partial charge in [0.2, 0.25) is 0 Å². The van der Waals surface area contributed by atoms with Gasteiger partial charge in [0, 0.05) is 12.4 Å². The molecule has 7 nitrogen and oxygen atoms in total. The molecule has 15 heavy (non-hydrogen) atoms. The molecule has 0 amide bonds. The molecule has 0 aliphatic heterocycles. The normalized spacial score (nSPS) is 14.0. The van der Waals surface area contributed by atoms with Crippen molar-refractivity contribution >= 4 is 22.1 Å². The molecule has 0 aliphatic carbocycles. The summed E-state index contributed by atoms with van der Waals surface area (Å²) >= 11 is 0. The first-order valence-corrected chi connectivity index (χ1v) is 4.43. The Morgan fingerprint density at radius 2 is 1.60 bits per heavy atom. The zero-order chi connectivity index (χ0) is 10.9. The topological polar surface area (TPSA) is 135 Å². The Morgan fingerprint density at radius 3 is 1.67 bits per heavy atom. The van der Waals surface area contributed by atoms with Crippen LogP contribution >= 0.6 is 0 Å². The molecule has 0 heterocycles. The van der Waals surface area contributed by atoms with Gasteiger partial charge < -0.3 is 19.8 Å². The summed E-state index contributed by atoms with van der Waals surface area (Å²) in [4.78, 5) is 20.3. The minimum atomic E-state index is -5.04. The van der Waals surface area contributed by atoms with Gasteiger partial charge in [0.1, 0.15) is 4.75 Å². The molecule has 0 aromatic carbocycles. The Bertz CT molecular complexity index is 337. The van der Waals surface area contributed by atoms with Crippen molar-refractivity contribution in [3.8, 4) is 0 Å². The van der Waals surface area contributed by atoms with Crippen LogP contribution in [0.15, 0.2) is 0 Å². The second-order valence-corrected chi connectivity index (χ2v) is 4.39. The molecule has 0 saturated heterocycles. The van der Waals surface area contributed by atoms with Crippen molar-refractivity contribution in [3.63, 3.8) is 0 Å². The summed E-state index contributed by atoms with van der Waals surface area (Å²) < 4.78 is 26.5. The van der Waals surface area contributed by atoms with Crippen molar-refractivity contribution in [3.05, 3.63) is 0 Å². The maximum Gasteiger partial charge on any atom is 1.00 e. The third-order valence-electron chi connectivity index (χ3n) is 1.48. The van der Waals surface area contributed by atoms with E-state index in [0.717, 1.165) is 0 Å². The van der Waals surface area contributed by atoms with Crippen LogP contribution in [0.3, 0.4) is 0 Å². The quantitative estimate of drug-likeness (QED) is 0.389. The van der Waals surface area contributed by atoms with Gasteiger partial charge in [-0.05, 0) is 6.92 Å². The number of rotatable bonds is 4. The molecule has 0 aliphatic rings. The first-order chi connectivity index (χ1) is 5.61. The number of aliphatic carboxylic acids is 2. The second kappa shape index (κ2) is 7.23. The number of carboxylic acid groups (broad SMARTS) is 2. The van der Waals surface area contributed by atoms with Gasteiger partial charge in [-0.2, -0.15) is 8.42 Å². The molecule has 76 valence electrons. The van der Waals surface area contributed by atoms with E-state index in [1.54, 1.807) is 0 Å². The Labute approximate surface area is 131 Å². The van der Waals surface area contributed by atoms with Crippen molar-refractivity contribution in [1.29, 1.82) is 0 Å². The van der Waals surface area contributed by atoms with Crippen molar-refractivity contribution in [2.45, 2.75) is 18.1 Å². The smallest absolute Gasteiger partial charge is 0.550 e. The number of hydrogen-bond donors (Lipinski definition) is 1. The summed E-state index contributed by atoms with van der Waals surface area (Å²) in [6.07, 6.45) is -1.37. The van der Waals surface area contributed by atoms with Gasteiger partial charge in [0.15, 0.2) is 0 Å². The molecule has 1 atom stereocenters. The predicted octanol–water partition coefficient (Wildman–Crippen LogP) is -9.47. The van der Waals surface area contributed by atoms with E-state index in [-0.39, 0.29) is 59.1 Å². The molecule has 0 aromatic rings. The monoisotopic (exact) mass is 256 g/mol. The van der Waals surface area contributed by atoms with Crippen molar-refractivity contribution < 1.29 is 91.9 Å². The van der Waals surface area contributed by atoms with Crippen LogP contribution in [-0.4, -0.2) is 29.7 Å². The van der Waals surface area contributed by atoms with Crippen LogP contribution in [0.1, 0.15) is 13.3 Å². The van der Waals surface area contributed by atoms with Crippen LogP contribution in [-0.2, 0) is 19.7 Å². The number of carbonyl (C=O) groups is 2. The van der Waals surface area contributed by atoms with Gasteiger partial charge in [0.25, 0.3) is 10.1 Å². The van der Waals surface area contributed by atoms with Crippen LogP contribution in [0.5, 0.6) is 0 Å². The van der Waals surface area contributed by atoms with Crippen LogP contribution in [0, 0.1) is 0 Å². The molecular formula is C5H6Na2O7S. The van der Waals surface area contributed by atoms with E-state index in [9.17, 15) is 28.2 Å². The average molecular weight is 256 g/mol. The van der Waals surface area contributed by atoms with Crippen LogP contribution < -0.4 is 69.3 Å². The zero-order valence-electron chi connectivity index (χ0n) is 8.51. The molecular weight excluding hydrogens is 250 g/mol. The maximum atomic E-state index is 10.5. The summed E-state index contributed by atoms with van der Waals surface area (Å²) in [5.41, 5.74) is 0. The van der Waals surface area contributed by atoms with Crippen molar-refractivity contribution in [1.82, 2.24) is 0 Å². The first kappa shape index (κ1) is 21.2. The van der Waals surface area contributed by atoms with E-state index in [1.807, 2.05) is 0 Å². The van der Waals surface area contributed by atoms with Gasteiger partial charge in [0.05, 0.1) is 5.97 Å². The van der Waals surface area contributed by atoms with Gasteiger partial charge in [-0.15, -0.1) is 0 Å². The van der Waals surface area contributed by atoms with Gasteiger partial charge in [-0.3, -0.25) is 4.55 Å². The van der Waals surface area contributed by atoms with Crippen molar-refractivity contribution in [2.24, 2.45) is 0 Å². The fourth-order valence-corrected chi connectivity index (χ4v) is 1.05. The van der Waals surface area contributed by atoms with Gasteiger partial charge in [-0.1, -0.05) is 0 Å². The predicted molar refractivity (Wildman–Crippen MR) is 34.6 cm³/mol. The van der Waals surface area contributed by atoms with Crippen molar-refractivity contribution in [2.75, 3.05) is 0 Å². The largest absolute Gasteiger partial charge is 1.00 e. The molecule has 0 rings (SSSR count). The Morgan fingerprint density at radius 1 is 1.27 bits per heavy atom. The molecule has 0 bridgehead atoms. The molecule has 0 aromatic heterocycles. The fraction of sp³-hybridized carbons (Fsp3) is 0.600. The SMILES string of the molecule is CC(CC(=O)[O-])(C(=O)[O-])S(=O)(=O)O.[Na+].[Na+]. The van der Waals surface area contributed by atoms with E-state index in [0.29, 0.717) is 6.92 Å². The summed E-state index contributed by atoms with van der Waals surface area (Å²) in [5.74, 6) is -4.11. The van der Waals surface area contributed by atoms with Gasteiger partial charge in [-0.25, -0.2) is 0 Å². The molecule has 1 unspecified atom stereocenters. The zero-order valence-corrected chi connectivity index (χ0v) is 13.3. The average Bonchev–Trinajstić information content (AvgIpc) is 1.82. The third-order valence-corrected chi connectivity index (χ3v) is 2.93. The molecule has 0 fully saturated rings. The number of hydrogen-bond acceptors (Lipinski definition) is 6. The Hall–Kier alpha value is 0.850. The summed E-state index contributed by atoms with van der Waals surface area (Å²) in [6, 6.07) is 0. The van der Waals surface area contributed by atoms with Crippen LogP contribution in [0.2, 0.25) is 0 Å². The molecule has 10 heteroatoms. The second-order valence-electron chi connectivity index (χ2n) is 2.54. The summed E-state index contributed by atoms with van der Waals surface area (Å²) in [6.45, 7) is 0.521. The maximum absolute atomic E-state index is 10.5. The van der Waals surface area contributed by atoms with Crippen LogP contribution in [0.25, 0.3) is 0 Å². The number of carbonyl (C=O) groups excluding carboxylic acids is 2. The van der Waals surface area contributed by atoms with E-state index < -0.39 is 33.2 Å². The Balaban J connectivity index is -0.000000720. The fourth-order valence-electron chi connectivity index (χ4n) is 0.544. The van der Waals surface area contributed by atoms with E-state index in [1.165, 1.54) is 0 Å². The minimum absolute atomic E-state index is 0. The minimum Gasteiger partial charge on any atom is -0.550 e. The summed E-state index contributed by atoms with van der Waals surface area (Å²) in [5, 5.41) is 20.3. The molecule has 0 spiro atoms. The van der Waals surface area contributed by atoms with Gasteiger partial charge >= 0.3 is 59.1 Å². The summed E-state index contributed by atoms with van der Waals surface area (Å²) in [7, 11) is -5.04. The Kier molecular flexibility index (Phi) is 10.2. The third kappa shape index (κ3) is 5.64. The number of carboxylic acids is 2. The van der Waals surface area contributed by atoms with E-state index in [4.69, 9.17) is 4.55 Å². The first-order valence-electron chi connectivity index (χ1n) is 2.99. The molecule has 1 N–H and O–H groups in total. The van der Waals surface area contributed by atoms with Crippen LogP contribution in [0.4, 0.5) is 0 Å². The van der Waals surface area contributed by atoms with E-state index in [2.05, 4.69) is 0 Å².